The number of rotatable bonds is 5. The predicted molar refractivity (Wildman–Crippen MR) is 64.1 cm³/mol. The predicted octanol–water partition coefficient (Wildman–Crippen LogP) is 1.60. The van der Waals surface area contributed by atoms with Gasteiger partial charge >= 0.3 is 0 Å². The summed E-state index contributed by atoms with van der Waals surface area (Å²) in [6.07, 6.45) is 0.259. The number of benzene rings is 1. The van der Waals surface area contributed by atoms with Gasteiger partial charge in [0.25, 0.3) is 0 Å². The second-order valence-electron chi connectivity index (χ2n) is 3.84. The molecule has 0 unspecified atom stereocenters. The number of hydrogen-bond donors (Lipinski definition) is 1. The molecule has 1 aromatic rings. The Labute approximate surface area is 101 Å². The van der Waals surface area contributed by atoms with Crippen molar-refractivity contribution in [3.8, 4) is 6.07 Å². The molecule has 0 aliphatic rings. The highest BCUT2D eigenvalue weighted by atomic mass is 16.5. The van der Waals surface area contributed by atoms with Crippen molar-refractivity contribution in [1.82, 2.24) is 5.32 Å². The van der Waals surface area contributed by atoms with Crippen LogP contribution >= 0.6 is 0 Å². The molecule has 90 valence electrons. The third-order valence-corrected chi connectivity index (χ3v) is 2.42. The molecule has 0 aromatic heterocycles. The van der Waals surface area contributed by atoms with E-state index in [0.717, 1.165) is 5.56 Å². The molecule has 4 nitrogen and oxygen atoms in total. The first-order valence-corrected chi connectivity index (χ1v) is 5.44. The number of carbonyl (C=O) groups is 1. The van der Waals surface area contributed by atoms with E-state index in [9.17, 15) is 4.79 Å². The lowest BCUT2D eigenvalue weighted by Gasteiger charge is -2.09. The second kappa shape index (κ2) is 6.66. The highest BCUT2D eigenvalue weighted by molar-refractivity contribution is 5.76. The first-order chi connectivity index (χ1) is 8.15. The molecule has 0 radical (unpaired) electrons. The summed E-state index contributed by atoms with van der Waals surface area (Å²) in [5.74, 6) is -0.0540. The summed E-state index contributed by atoms with van der Waals surface area (Å²) in [6, 6.07) is 9.24. The maximum Gasteiger partial charge on any atom is 0.222 e. The van der Waals surface area contributed by atoms with Crippen molar-refractivity contribution in [3.05, 3.63) is 35.4 Å². The minimum absolute atomic E-state index is 0.0540. The van der Waals surface area contributed by atoms with Crippen LogP contribution in [0.2, 0.25) is 0 Å². The molecule has 0 aliphatic carbocycles. The number of amides is 1. The topological polar surface area (TPSA) is 62.1 Å². The molecule has 4 heteroatoms. The summed E-state index contributed by atoms with van der Waals surface area (Å²) in [6.45, 7) is 2.28. The fourth-order valence-corrected chi connectivity index (χ4v) is 1.37. The van der Waals surface area contributed by atoms with Gasteiger partial charge in [-0.3, -0.25) is 4.79 Å². The van der Waals surface area contributed by atoms with Gasteiger partial charge in [-0.2, -0.15) is 5.26 Å². The number of methoxy groups -OCH3 is 1. The molecule has 1 N–H and O–H groups in total. The molecule has 0 saturated carbocycles. The summed E-state index contributed by atoms with van der Waals surface area (Å²) < 4.78 is 5.01. The van der Waals surface area contributed by atoms with Crippen LogP contribution in [0.15, 0.2) is 24.3 Å². The van der Waals surface area contributed by atoms with Gasteiger partial charge in [0.1, 0.15) is 0 Å². The standard InChI is InChI=1S/C13H16N2O2/c1-10(17-2)6-13(16)15-9-12-5-3-4-11(7-12)8-14/h3-5,7,10H,6,9H2,1-2H3,(H,15,16)/t10-/m1/s1. The second-order valence-corrected chi connectivity index (χ2v) is 3.84. The van der Waals surface area contributed by atoms with Crippen molar-refractivity contribution < 1.29 is 9.53 Å². The molecule has 1 rings (SSSR count). The van der Waals surface area contributed by atoms with Crippen LogP contribution in [-0.4, -0.2) is 19.1 Å². The van der Waals surface area contributed by atoms with Crippen molar-refractivity contribution in [2.24, 2.45) is 0 Å². The van der Waals surface area contributed by atoms with Gasteiger partial charge in [0.05, 0.1) is 24.2 Å². The summed E-state index contributed by atoms with van der Waals surface area (Å²) in [7, 11) is 1.58. The van der Waals surface area contributed by atoms with E-state index in [4.69, 9.17) is 10.00 Å². The van der Waals surface area contributed by atoms with Gasteiger partial charge in [-0.1, -0.05) is 12.1 Å². The van der Waals surface area contributed by atoms with E-state index in [1.807, 2.05) is 13.0 Å². The van der Waals surface area contributed by atoms with Gasteiger partial charge < -0.3 is 10.1 Å². The minimum atomic E-state index is -0.0829. The van der Waals surface area contributed by atoms with Crippen molar-refractivity contribution in [2.45, 2.75) is 26.0 Å². The Hall–Kier alpha value is -1.86. The summed E-state index contributed by atoms with van der Waals surface area (Å²) >= 11 is 0. The van der Waals surface area contributed by atoms with E-state index in [2.05, 4.69) is 11.4 Å². The average Bonchev–Trinajstić information content (AvgIpc) is 2.36. The smallest absolute Gasteiger partial charge is 0.222 e. The fraction of sp³-hybridized carbons (Fsp3) is 0.385. The zero-order chi connectivity index (χ0) is 12.7. The fourth-order valence-electron chi connectivity index (χ4n) is 1.37. The van der Waals surface area contributed by atoms with Gasteiger partial charge in [0.2, 0.25) is 5.91 Å². The van der Waals surface area contributed by atoms with Gasteiger partial charge in [0, 0.05) is 13.7 Å². The molecule has 0 aliphatic heterocycles. The molecule has 0 fully saturated rings. The normalized spacial score (nSPS) is 11.6. The zero-order valence-electron chi connectivity index (χ0n) is 10.1. The van der Waals surface area contributed by atoms with E-state index in [1.165, 1.54) is 0 Å². The molecule has 0 spiro atoms. The molecule has 0 heterocycles. The Morgan fingerprint density at radius 2 is 2.35 bits per heavy atom. The lowest BCUT2D eigenvalue weighted by molar-refractivity contribution is -0.123. The number of nitrogens with one attached hydrogen (secondary N) is 1. The van der Waals surface area contributed by atoms with Crippen LogP contribution in [0.5, 0.6) is 0 Å². The highest BCUT2D eigenvalue weighted by Crippen LogP contribution is 2.04. The number of nitriles is 1. The van der Waals surface area contributed by atoms with Gasteiger partial charge in [-0.15, -0.1) is 0 Å². The Balaban J connectivity index is 2.45. The first-order valence-electron chi connectivity index (χ1n) is 5.44. The van der Waals surface area contributed by atoms with Crippen LogP contribution < -0.4 is 5.32 Å². The maximum atomic E-state index is 11.5. The molecular formula is C13H16N2O2. The van der Waals surface area contributed by atoms with Gasteiger partial charge in [-0.25, -0.2) is 0 Å². The Bertz CT molecular complexity index is 424. The Kier molecular flexibility index (Phi) is 5.18. The van der Waals surface area contributed by atoms with E-state index in [1.54, 1.807) is 25.3 Å². The van der Waals surface area contributed by atoms with E-state index in [0.29, 0.717) is 18.5 Å². The largest absolute Gasteiger partial charge is 0.381 e. The van der Waals surface area contributed by atoms with E-state index < -0.39 is 0 Å². The molecule has 17 heavy (non-hydrogen) atoms. The number of hydrogen-bond acceptors (Lipinski definition) is 3. The zero-order valence-corrected chi connectivity index (χ0v) is 10.1. The number of carbonyl (C=O) groups excluding carboxylic acids is 1. The molecule has 1 aromatic carbocycles. The summed E-state index contributed by atoms with van der Waals surface area (Å²) in [5, 5.41) is 11.5. The van der Waals surface area contributed by atoms with E-state index in [-0.39, 0.29) is 12.0 Å². The summed E-state index contributed by atoms with van der Waals surface area (Å²) in [5.41, 5.74) is 1.52. The number of nitrogens with zero attached hydrogens (tertiary/aromatic N) is 1. The van der Waals surface area contributed by atoms with Crippen molar-refractivity contribution in [3.63, 3.8) is 0 Å². The van der Waals surface area contributed by atoms with Crippen molar-refractivity contribution in [1.29, 1.82) is 5.26 Å². The van der Waals surface area contributed by atoms with Crippen molar-refractivity contribution >= 4 is 5.91 Å². The Morgan fingerprint density at radius 1 is 1.59 bits per heavy atom. The average molecular weight is 232 g/mol. The molecule has 0 saturated heterocycles. The van der Waals surface area contributed by atoms with Gasteiger partial charge in [0.15, 0.2) is 0 Å². The highest BCUT2D eigenvalue weighted by Gasteiger charge is 2.07. The third-order valence-electron chi connectivity index (χ3n) is 2.42. The van der Waals surface area contributed by atoms with Crippen LogP contribution in [0.1, 0.15) is 24.5 Å². The minimum Gasteiger partial charge on any atom is -0.381 e. The lowest BCUT2D eigenvalue weighted by Crippen LogP contribution is -2.26. The molecule has 1 atom stereocenters. The third kappa shape index (κ3) is 4.66. The quantitative estimate of drug-likeness (QED) is 0.838. The van der Waals surface area contributed by atoms with Crippen molar-refractivity contribution in [2.75, 3.05) is 7.11 Å². The van der Waals surface area contributed by atoms with Crippen LogP contribution in [-0.2, 0) is 16.1 Å². The monoisotopic (exact) mass is 232 g/mol. The summed E-state index contributed by atoms with van der Waals surface area (Å²) in [4.78, 5) is 11.5. The molecule has 0 bridgehead atoms. The lowest BCUT2D eigenvalue weighted by atomic mass is 10.1. The van der Waals surface area contributed by atoms with E-state index >= 15 is 0 Å². The molecule has 1 amide bonds. The van der Waals surface area contributed by atoms with Crippen LogP contribution in [0.3, 0.4) is 0 Å². The Morgan fingerprint density at radius 3 is 3.00 bits per heavy atom. The van der Waals surface area contributed by atoms with Crippen LogP contribution in [0, 0.1) is 11.3 Å². The maximum absolute atomic E-state index is 11.5. The van der Waals surface area contributed by atoms with Gasteiger partial charge in [-0.05, 0) is 24.6 Å². The SMILES string of the molecule is CO[C@H](C)CC(=O)NCc1cccc(C#N)c1. The van der Waals surface area contributed by atoms with Crippen LogP contribution in [0.4, 0.5) is 0 Å². The molecular weight excluding hydrogens is 216 g/mol. The first kappa shape index (κ1) is 13.2. The van der Waals surface area contributed by atoms with Crippen LogP contribution in [0.25, 0.3) is 0 Å². The number of ether oxygens (including phenoxy) is 1.